The molecule has 0 radical (unpaired) electrons. The minimum Gasteiger partial charge on any atom is -0.352 e. The number of fused-ring (bicyclic) bond motifs is 4. The Morgan fingerprint density at radius 2 is 2.08 bits per heavy atom. The molecular formula is C20H19N5. The third-order valence-electron chi connectivity index (χ3n) is 5.55. The molecule has 0 amide bonds. The molecule has 124 valence electrons. The van der Waals surface area contributed by atoms with Crippen molar-refractivity contribution < 1.29 is 0 Å². The van der Waals surface area contributed by atoms with E-state index in [0.717, 1.165) is 47.3 Å². The lowest BCUT2D eigenvalue weighted by Gasteiger charge is -2.38. The largest absolute Gasteiger partial charge is 0.352 e. The van der Waals surface area contributed by atoms with E-state index in [1.807, 2.05) is 30.5 Å². The van der Waals surface area contributed by atoms with Gasteiger partial charge in [-0.15, -0.1) is 0 Å². The van der Waals surface area contributed by atoms with Crippen molar-refractivity contribution in [3.63, 3.8) is 0 Å². The third kappa shape index (κ3) is 2.33. The van der Waals surface area contributed by atoms with Gasteiger partial charge in [0.25, 0.3) is 0 Å². The van der Waals surface area contributed by atoms with Crippen LogP contribution in [0.2, 0.25) is 0 Å². The summed E-state index contributed by atoms with van der Waals surface area (Å²) in [5, 5.41) is 11.3. The van der Waals surface area contributed by atoms with Gasteiger partial charge in [-0.2, -0.15) is 5.26 Å². The average Bonchev–Trinajstić information content (AvgIpc) is 3.14. The quantitative estimate of drug-likeness (QED) is 0.643. The molecule has 25 heavy (non-hydrogen) atoms. The lowest BCUT2D eigenvalue weighted by molar-refractivity contribution is 0.230. The summed E-state index contributed by atoms with van der Waals surface area (Å²) in [5.41, 5.74) is 2.53. The lowest BCUT2D eigenvalue weighted by atomic mass is 10.1. The van der Waals surface area contributed by atoms with Crippen LogP contribution in [0.3, 0.4) is 0 Å². The first-order chi connectivity index (χ1) is 12.3. The van der Waals surface area contributed by atoms with Gasteiger partial charge in [-0.05, 0) is 43.7 Å². The number of piperazine rings is 1. The second kappa shape index (κ2) is 5.68. The van der Waals surface area contributed by atoms with E-state index >= 15 is 0 Å². The van der Waals surface area contributed by atoms with Crippen molar-refractivity contribution >= 4 is 27.6 Å². The highest BCUT2D eigenvalue weighted by Crippen LogP contribution is 2.32. The Balaban J connectivity index is 1.68. The third-order valence-corrected chi connectivity index (χ3v) is 5.55. The SMILES string of the molecule is N#Cc1ccc2nc(N3CCN4CCCC4C3)c3ncccc3c2c1. The number of benzene rings is 1. The van der Waals surface area contributed by atoms with Gasteiger partial charge in [0.15, 0.2) is 5.82 Å². The molecule has 0 saturated carbocycles. The van der Waals surface area contributed by atoms with Crippen molar-refractivity contribution in [1.29, 1.82) is 5.26 Å². The van der Waals surface area contributed by atoms with Gasteiger partial charge in [0.05, 0.1) is 17.1 Å². The molecule has 1 aromatic carbocycles. The van der Waals surface area contributed by atoms with Gasteiger partial charge in [0.2, 0.25) is 0 Å². The van der Waals surface area contributed by atoms with Gasteiger partial charge in [0.1, 0.15) is 5.52 Å². The Bertz CT molecular complexity index is 1010. The van der Waals surface area contributed by atoms with E-state index in [-0.39, 0.29) is 0 Å². The summed E-state index contributed by atoms with van der Waals surface area (Å²) in [5.74, 6) is 0.986. The number of nitriles is 1. The van der Waals surface area contributed by atoms with Gasteiger partial charge in [-0.3, -0.25) is 9.88 Å². The van der Waals surface area contributed by atoms with E-state index in [4.69, 9.17) is 4.98 Å². The monoisotopic (exact) mass is 329 g/mol. The molecule has 5 heteroatoms. The fourth-order valence-corrected chi connectivity index (χ4v) is 4.29. The van der Waals surface area contributed by atoms with Gasteiger partial charge >= 0.3 is 0 Å². The minimum absolute atomic E-state index is 0.644. The number of hydrogen-bond donors (Lipinski definition) is 0. The average molecular weight is 329 g/mol. The number of pyridine rings is 2. The van der Waals surface area contributed by atoms with Gasteiger partial charge in [0, 0.05) is 42.6 Å². The smallest absolute Gasteiger partial charge is 0.155 e. The highest BCUT2D eigenvalue weighted by atomic mass is 15.3. The van der Waals surface area contributed by atoms with Crippen LogP contribution in [0.25, 0.3) is 21.8 Å². The summed E-state index contributed by atoms with van der Waals surface area (Å²) in [7, 11) is 0. The number of nitrogens with zero attached hydrogens (tertiary/aromatic N) is 5. The van der Waals surface area contributed by atoms with Crippen LogP contribution in [0.15, 0.2) is 36.5 Å². The topological polar surface area (TPSA) is 56.1 Å². The van der Waals surface area contributed by atoms with Crippen molar-refractivity contribution in [1.82, 2.24) is 14.9 Å². The second-order valence-electron chi connectivity index (χ2n) is 6.96. The summed E-state index contributed by atoms with van der Waals surface area (Å²) in [6, 6.07) is 12.6. The normalized spacial score (nSPS) is 20.8. The predicted octanol–water partition coefficient (Wildman–Crippen LogP) is 2.94. The lowest BCUT2D eigenvalue weighted by Crippen LogP contribution is -2.50. The molecule has 0 bridgehead atoms. The first kappa shape index (κ1) is 14.6. The van der Waals surface area contributed by atoms with Crippen LogP contribution >= 0.6 is 0 Å². The van der Waals surface area contributed by atoms with E-state index in [1.54, 1.807) is 0 Å². The predicted molar refractivity (Wildman–Crippen MR) is 98.6 cm³/mol. The van der Waals surface area contributed by atoms with Crippen molar-refractivity contribution in [2.24, 2.45) is 0 Å². The van der Waals surface area contributed by atoms with Crippen LogP contribution in [0, 0.1) is 11.3 Å². The van der Waals surface area contributed by atoms with Crippen LogP contribution in [0.5, 0.6) is 0 Å². The fraction of sp³-hybridized carbons (Fsp3) is 0.350. The van der Waals surface area contributed by atoms with Crippen molar-refractivity contribution in [2.45, 2.75) is 18.9 Å². The Kier molecular flexibility index (Phi) is 3.32. The Hall–Kier alpha value is -2.71. The zero-order valence-corrected chi connectivity index (χ0v) is 14.0. The summed E-state index contributed by atoms with van der Waals surface area (Å²) in [6.07, 6.45) is 4.42. The maximum Gasteiger partial charge on any atom is 0.155 e. The molecule has 0 aliphatic carbocycles. The summed E-state index contributed by atoms with van der Waals surface area (Å²) >= 11 is 0. The standard InChI is InChI=1S/C20H19N5/c21-12-14-5-6-18-17(11-14)16-4-1-7-22-19(16)20(23-18)25-10-9-24-8-2-3-15(24)13-25/h1,4-7,11,15H,2-3,8-10,13H2. The molecule has 0 N–H and O–H groups in total. The van der Waals surface area contributed by atoms with E-state index in [0.29, 0.717) is 11.6 Å². The second-order valence-corrected chi connectivity index (χ2v) is 6.96. The molecule has 3 aromatic rings. The van der Waals surface area contributed by atoms with E-state index < -0.39 is 0 Å². The molecule has 2 fully saturated rings. The molecule has 5 rings (SSSR count). The molecule has 2 aromatic heterocycles. The zero-order valence-electron chi connectivity index (χ0n) is 14.0. The first-order valence-electron chi connectivity index (χ1n) is 8.91. The molecular weight excluding hydrogens is 310 g/mol. The van der Waals surface area contributed by atoms with Crippen LogP contribution in [0.1, 0.15) is 18.4 Å². The maximum absolute atomic E-state index is 9.22. The molecule has 2 saturated heterocycles. The number of anilines is 1. The van der Waals surface area contributed by atoms with Crippen LogP contribution in [-0.2, 0) is 0 Å². The van der Waals surface area contributed by atoms with Crippen LogP contribution in [-0.4, -0.2) is 47.1 Å². The van der Waals surface area contributed by atoms with E-state index in [2.05, 4.69) is 26.9 Å². The summed E-state index contributed by atoms with van der Waals surface area (Å²) < 4.78 is 0. The number of rotatable bonds is 1. The highest BCUT2D eigenvalue weighted by molar-refractivity contribution is 6.08. The number of hydrogen-bond acceptors (Lipinski definition) is 5. The molecule has 2 aliphatic heterocycles. The Labute approximate surface area is 146 Å². The molecule has 1 unspecified atom stereocenters. The van der Waals surface area contributed by atoms with Crippen molar-refractivity contribution in [2.75, 3.05) is 31.1 Å². The van der Waals surface area contributed by atoms with Crippen molar-refractivity contribution in [3.05, 3.63) is 42.1 Å². The summed E-state index contributed by atoms with van der Waals surface area (Å²) in [6.45, 7) is 4.36. The van der Waals surface area contributed by atoms with Crippen molar-refractivity contribution in [3.8, 4) is 6.07 Å². The maximum atomic E-state index is 9.22. The molecule has 2 aliphatic rings. The Morgan fingerprint density at radius 1 is 1.12 bits per heavy atom. The van der Waals surface area contributed by atoms with E-state index in [1.165, 1.54) is 19.4 Å². The molecule has 1 atom stereocenters. The number of aromatic nitrogens is 2. The summed E-state index contributed by atoms with van der Waals surface area (Å²) in [4.78, 5) is 14.6. The highest BCUT2D eigenvalue weighted by Gasteiger charge is 2.32. The molecule has 4 heterocycles. The van der Waals surface area contributed by atoms with Gasteiger partial charge < -0.3 is 4.90 Å². The van der Waals surface area contributed by atoms with E-state index in [9.17, 15) is 5.26 Å². The Morgan fingerprint density at radius 3 is 3.00 bits per heavy atom. The molecule has 5 nitrogen and oxygen atoms in total. The van der Waals surface area contributed by atoms with Crippen LogP contribution in [0.4, 0.5) is 5.82 Å². The molecule has 0 spiro atoms. The fourth-order valence-electron chi connectivity index (χ4n) is 4.29. The van der Waals surface area contributed by atoms with Gasteiger partial charge in [-0.1, -0.05) is 6.07 Å². The van der Waals surface area contributed by atoms with Crippen LogP contribution < -0.4 is 4.90 Å². The minimum atomic E-state index is 0.644. The zero-order chi connectivity index (χ0) is 16.8. The van der Waals surface area contributed by atoms with Gasteiger partial charge in [-0.25, -0.2) is 4.98 Å². The first-order valence-corrected chi connectivity index (χ1v) is 8.91.